The Labute approximate surface area is 92.6 Å². The molecule has 3 heteroatoms. The molecule has 0 radical (unpaired) electrons. The Morgan fingerprint density at radius 3 is 3.00 bits per heavy atom. The molecule has 0 saturated heterocycles. The second-order valence-corrected chi connectivity index (χ2v) is 4.59. The first kappa shape index (κ1) is 9.99. The predicted octanol–water partition coefficient (Wildman–Crippen LogP) is 2.79. The van der Waals surface area contributed by atoms with Crippen LogP contribution >= 0.6 is 15.9 Å². The fourth-order valence-electron chi connectivity index (χ4n) is 2.07. The van der Waals surface area contributed by atoms with Gasteiger partial charge in [-0.15, -0.1) is 0 Å². The van der Waals surface area contributed by atoms with E-state index < -0.39 is 0 Å². The van der Waals surface area contributed by atoms with Crippen LogP contribution in [0, 0.1) is 0 Å². The molecule has 0 saturated carbocycles. The standard InChI is InChI=1S/C11H14BrNO/c1-14-11-6-7(12)5-9-8(11)3-2-4-10(9)13/h5-6,10H,2-4,13H2,1H3. The Bertz CT molecular complexity index is 351. The Morgan fingerprint density at radius 2 is 2.29 bits per heavy atom. The monoisotopic (exact) mass is 255 g/mol. The van der Waals surface area contributed by atoms with Crippen LogP contribution in [0.3, 0.4) is 0 Å². The van der Waals surface area contributed by atoms with Gasteiger partial charge in [0.1, 0.15) is 5.75 Å². The molecule has 0 aliphatic heterocycles. The van der Waals surface area contributed by atoms with E-state index in [9.17, 15) is 0 Å². The molecule has 2 nitrogen and oxygen atoms in total. The highest BCUT2D eigenvalue weighted by atomic mass is 79.9. The van der Waals surface area contributed by atoms with Crippen molar-refractivity contribution in [1.82, 2.24) is 0 Å². The number of halogens is 1. The van der Waals surface area contributed by atoms with Crippen LogP contribution in [0.15, 0.2) is 16.6 Å². The van der Waals surface area contributed by atoms with Crippen molar-refractivity contribution in [3.63, 3.8) is 0 Å². The van der Waals surface area contributed by atoms with Crippen molar-refractivity contribution in [3.05, 3.63) is 27.7 Å². The molecule has 1 aliphatic rings. The zero-order valence-electron chi connectivity index (χ0n) is 8.22. The minimum Gasteiger partial charge on any atom is -0.496 e. The van der Waals surface area contributed by atoms with Gasteiger partial charge in [-0.3, -0.25) is 0 Å². The van der Waals surface area contributed by atoms with Gasteiger partial charge in [0, 0.05) is 10.5 Å². The molecule has 2 N–H and O–H groups in total. The second kappa shape index (κ2) is 3.91. The molecule has 1 unspecified atom stereocenters. The largest absolute Gasteiger partial charge is 0.496 e. The second-order valence-electron chi connectivity index (χ2n) is 3.67. The smallest absolute Gasteiger partial charge is 0.123 e. The maximum absolute atomic E-state index is 6.06. The van der Waals surface area contributed by atoms with Crippen LogP contribution in [0.1, 0.15) is 30.0 Å². The molecule has 14 heavy (non-hydrogen) atoms. The van der Waals surface area contributed by atoms with E-state index in [4.69, 9.17) is 10.5 Å². The number of rotatable bonds is 1. The number of fused-ring (bicyclic) bond motifs is 1. The molecule has 1 aromatic carbocycles. The van der Waals surface area contributed by atoms with Gasteiger partial charge in [-0.05, 0) is 42.5 Å². The van der Waals surface area contributed by atoms with Crippen LogP contribution in [-0.2, 0) is 6.42 Å². The van der Waals surface area contributed by atoms with Gasteiger partial charge in [0.2, 0.25) is 0 Å². The van der Waals surface area contributed by atoms with Crippen LogP contribution in [0.25, 0.3) is 0 Å². The quantitative estimate of drug-likeness (QED) is 0.838. The van der Waals surface area contributed by atoms with E-state index in [2.05, 4.69) is 22.0 Å². The highest BCUT2D eigenvalue weighted by Gasteiger charge is 2.20. The molecule has 0 fully saturated rings. The number of benzene rings is 1. The minimum absolute atomic E-state index is 0.171. The molecule has 0 spiro atoms. The lowest BCUT2D eigenvalue weighted by Gasteiger charge is -2.24. The van der Waals surface area contributed by atoms with Crippen molar-refractivity contribution in [1.29, 1.82) is 0 Å². The summed E-state index contributed by atoms with van der Waals surface area (Å²) in [7, 11) is 1.71. The summed E-state index contributed by atoms with van der Waals surface area (Å²) in [4.78, 5) is 0. The van der Waals surface area contributed by atoms with Crippen molar-refractivity contribution in [2.75, 3.05) is 7.11 Å². The van der Waals surface area contributed by atoms with Crippen molar-refractivity contribution in [2.45, 2.75) is 25.3 Å². The average molecular weight is 256 g/mol. The van der Waals surface area contributed by atoms with E-state index >= 15 is 0 Å². The lowest BCUT2D eigenvalue weighted by molar-refractivity contribution is 0.403. The van der Waals surface area contributed by atoms with Gasteiger partial charge in [-0.25, -0.2) is 0 Å². The molecule has 0 heterocycles. The zero-order chi connectivity index (χ0) is 10.1. The van der Waals surface area contributed by atoms with E-state index in [-0.39, 0.29) is 6.04 Å². The molecule has 1 aliphatic carbocycles. The topological polar surface area (TPSA) is 35.2 Å². The van der Waals surface area contributed by atoms with Crippen LogP contribution in [0.4, 0.5) is 0 Å². The van der Waals surface area contributed by atoms with E-state index in [1.807, 2.05) is 6.07 Å². The normalized spacial score (nSPS) is 20.4. The summed E-state index contributed by atoms with van der Waals surface area (Å²) in [5, 5.41) is 0. The number of hydrogen-bond acceptors (Lipinski definition) is 2. The summed E-state index contributed by atoms with van der Waals surface area (Å²) < 4.78 is 6.40. The third-order valence-corrected chi connectivity index (χ3v) is 3.23. The first-order valence-electron chi connectivity index (χ1n) is 4.84. The van der Waals surface area contributed by atoms with Gasteiger partial charge < -0.3 is 10.5 Å². The van der Waals surface area contributed by atoms with Gasteiger partial charge in [-0.1, -0.05) is 15.9 Å². The molecule has 2 rings (SSSR count). The molecular formula is C11H14BrNO. The molecule has 0 bridgehead atoms. The molecule has 0 aromatic heterocycles. The highest BCUT2D eigenvalue weighted by molar-refractivity contribution is 9.10. The van der Waals surface area contributed by atoms with E-state index in [0.717, 1.165) is 29.5 Å². The third kappa shape index (κ3) is 1.66. The van der Waals surface area contributed by atoms with Crippen molar-refractivity contribution < 1.29 is 4.74 Å². The first-order valence-corrected chi connectivity index (χ1v) is 5.63. The molecule has 0 amide bonds. The number of hydrogen-bond donors (Lipinski definition) is 1. The Balaban J connectivity index is 2.54. The number of nitrogens with two attached hydrogens (primary N) is 1. The molecule has 1 aromatic rings. The molecule has 1 atom stereocenters. The molecule has 76 valence electrons. The lowest BCUT2D eigenvalue weighted by Crippen LogP contribution is -2.18. The highest BCUT2D eigenvalue weighted by Crippen LogP contribution is 2.36. The Hall–Kier alpha value is -0.540. The minimum atomic E-state index is 0.171. The summed E-state index contributed by atoms with van der Waals surface area (Å²) in [6.45, 7) is 0. The van der Waals surface area contributed by atoms with E-state index in [1.165, 1.54) is 11.1 Å². The number of ether oxygens (including phenoxy) is 1. The van der Waals surface area contributed by atoms with Crippen molar-refractivity contribution in [2.24, 2.45) is 5.73 Å². The Kier molecular flexibility index (Phi) is 2.79. The van der Waals surface area contributed by atoms with Gasteiger partial charge >= 0.3 is 0 Å². The fraction of sp³-hybridized carbons (Fsp3) is 0.455. The summed E-state index contributed by atoms with van der Waals surface area (Å²) in [5.74, 6) is 0.963. The fourth-order valence-corrected chi connectivity index (χ4v) is 2.52. The lowest BCUT2D eigenvalue weighted by atomic mass is 9.88. The van der Waals surface area contributed by atoms with Crippen LogP contribution in [-0.4, -0.2) is 7.11 Å². The van der Waals surface area contributed by atoms with Gasteiger partial charge in [-0.2, -0.15) is 0 Å². The van der Waals surface area contributed by atoms with Crippen LogP contribution in [0.5, 0.6) is 5.75 Å². The summed E-state index contributed by atoms with van der Waals surface area (Å²) >= 11 is 3.47. The van der Waals surface area contributed by atoms with Gasteiger partial charge in [0.25, 0.3) is 0 Å². The van der Waals surface area contributed by atoms with Gasteiger partial charge in [0.05, 0.1) is 7.11 Å². The van der Waals surface area contributed by atoms with E-state index in [1.54, 1.807) is 7.11 Å². The number of methoxy groups -OCH3 is 1. The maximum Gasteiger partial charge on any atom is 0.123 e. The SMILES string of the molecule is COc1cc(Br)cc2c1CCCC2N. The van der Waals surface area contributed by atoms with Crippen molar-refractivity contribution in [3.8, 4) is 5.75 Å². The summed E-state index contributed by atoms with van der Waals surface area (Å²) in [6, 6.07) is 4.30. The average Bonchev–Trinajstić information content (AvgIpc) is 2.18. The zero-order valence-corrected chi connectivity index (χ0v) is 9.80. The summed E-state index contributed by atoms with van der Waals surface area (Å²) in [6.07, 6.45) is 3.32. The van der Waals surface area contributed by atoms with Crippen LogP contribution in [0.2, 0.25) is 0 Å². The summed E-state index contributed by atoms with van der Waals surface area (Å²) in [5.41, 5.74) is 8.59. The predicted molar refractivity (Wildman–Crippen MR) is 60.6 cm³/mol. The van der Waals surface area contributed by atoms with Crippen molar-refractivity contribution >= 4 is 15.9 Å². The van der Waals surface area contributed by atoms with Gasteiger partial charge in [0.15, 0.2) is 0 Å². The third-order valence-electron chi connectivity index (χ3n) is 2.77. The Morgan fingerprint density at radius 1 is 1.50 bits per heavy atom. The van der Waals surface area contributed by atoms with Crippen LogP contribution < -0.4 is 10.5 Å². The first-order chi connectivity index (χ1) is 6.72. The van der Waals surface area contributed by atoms with E-state index in [0.29, 0.717) is 0 Å². The molecular weight excluding hydrogens is 242 g/mol. The maximum atomic E-state index is 6.06.